The SMILES string of the molecule is COC(=O)C(NC(=O)c1cnc(-c2cccc(-c3cc(C(=O)NC(C4CC4)C4CC4)n(CC(C)(C)O)n3)c2)o1)=C(C)C. The Kier molecular flexibility index (Phi) is 8.05. The molecule has 0 bridgehead atoms. The summed E-state index contributed by atoms with van der Waals surface area (Å²) >= 11 is 0. The maximum absolute atomic E-state index is 13.5. The molecule has 42 heavy (non-hydrogen) atoms. The van der Waals surface area contributed by atoms with Crippen LogP contribution in [0.4, 0.5) is 0 Å². The Morgan fingerprint density at radius 2 is 1.76 bits per heavy atom. The Hall–Kier alpha value is -4.25. The standard InChI is InChI=1S/C31H37N5O6/c1-17(2)25(30(39)41-5)33-28(38)24-15-32-29(42-24)21-8-6-7-20(13-21)22-14-23(36(35-22)16-31(3,4)40)27(37)34-26(18-9-10-18)19-11-12-19/h6-8,13-15,18-19,26,40H,9-12,16H2,1-5H3,(H,33,38)(H,34,37). The molecule has 0 radical (unpaired) electrons. The maximum Gasteiger partial charge on any atom is 0.354 e. The number of aliphatic hydroxyl groups is 1. The van der Waals surface area contributed by atoms with Crippen LogP contribution in [0.1, 0.15) is 74.4 Å². The van der Waals surface area contributed by atoms with Crippen LogP contribution in [0.5, 0.6) is 0 Å². The summed E-state index contributed by atoms with van der Waals surface area (Å²) in [7, 11) is 1.24. The van der Waals surface area contributed by atoms with E-state index in [0.717, 1.165) is 25.7 Å². The molecule has 222 valence electrons. The zero-order valence-corrected chi connectivity index (χ0v) is 24.6. The third kappa shape index (κ3) is 6.79. The van der Waals surface area contributed by atoms with Gasteiger partial charge in [0, 0.05) is 17.2 Å². The summed E-state index contributed by atoms with van der Waals surface area (Å²) in [4.78, 5) is 42.4. The van der Waals surface area contributed by atoms with Crippen LogP contribution < -0.4 is 10.6 Å². The number of hydrogen-bond donors (Lipinski definition) is 3. The lowest BCUT2D eigenvalue weighted by atomic mass is 10.1. The molecule has 2 aromatic heterocycles. The Labute approximate surface area is 244 Å². The smallest absolute Gasteiger partial charge is 0.354 e. The summed E-state index contributed by atoms with van der Waals surface area (Å²) < 4.78 is 12.0. The van der Waals surface area contributed by atoms with Crippen molar-refractivity contribution >= 4 is 17.8 Å². The zero-order chi connectivity index (χ0) is 30.2. The van der Waals surface area contributed by atoms with Crippen molar-refractivity contribution in [2.24, 2.45) is 11.8 Å². The van der Waals surface area contributed by atoms with Crippen LogP contribution in [-0.4, -0.2) is 56.4 Å². The highest BCUT2D eigenvalue weighted by atomic mass is 16.5. The van der Waals surface area contributed by atoms with Crippen molar-refractivity contribution in [3.05, 3.63) is 59.3 Å². The number of rotatable bonds is 11. The van der Waals surface area contributed by atoms with Gasteiger partial charge in [0.15, 0.2) is 0 Å². The first-order chi connectivity index (χ1) is 19.9. The molecule has 0 spiro atoms. The van der Waals surface area contributed by atoms with Gasteiger partial charge in [0.05, 0.1) is 31.1 Å². The largest absolute Gasteiger partial charge is 0.464 e. The van der Waals surface area contributed by atoms with Gasteiger partial charge in [0.25, 0.3) is 11.8 Å². The molecule has 5 rings (SSSR count). The normalized spacial score (nSPS) is 14.9. The minimum Gasteiger partial charge on any atom is -0.464 e. The first kappa shape index (κ1) is 29.2. The predicted octanol–water partition coefficient (Wildman–Crippen LogP) is 4.09. The van der Waals surface area contributed by atoms with E-state index in [1.54, 1.807) is 56.6 Å². The van der Waals surface area contributed by atoms with Crippen molar-refractivity contribution in [2.75, 3.05) is 7.11 Å². The lowest BCUT2D eigenvalue weighted by Crippen LogP contribution is -2.40. The number of hydrogen-bond acceptors (Lipinski definition) is 8. The van der Waals surface area contributed by atoms with E-state index in [2.05, 4.69) is 20.7 Å². The third-order valence-corrected chi connectivity index (χ3v) is 7.37. The highest BCUT2D eigenvalue weighted by Crippen LogP contribution is 2.44. The lowest BCUT2D eigenvalue weighted by Gasteiger charge is -2.20. The van der Waals surface area contributed by atoms with Gasteiger partial charge in [0.1, 0.15) is 11.4 Å². The van der Waals surface area contributed by atoms with Crippen LogP contribution in [0.2, 0.25) is 0 Å². The van der Waals surface area contributed by atoms with Gasteiger partial charge in [-0.2, -0.15) is 5.10 Å². The second kappa shape index (κ2) is 11.6. The number of methoxy groups -OCH3 is 1. The topological polar surface area (TPSA) is 149 Å². The molecule has 3 N–H and O–H groups in total. The summed E-state index contributed by atoms with van der Waals surface area (Å²) in [5, 5.41) is 21.0. The van der Waals surface area contributed by atoms with E-state index in [1.807, 2.05) is 6.07 Å². The van der Waals surface area contributed by atoms with Crippen molar-refractivity contribution in [3.63, 3.8) is 0 Å². The third-order valence-electron chi connectivity index (χ3n) is 7.37. The highest BCUT2D eigenvalue weighted by Gasteiger charge is 2.42. The van der Waals surface area contributed by atoms with E-state index in [4.69, 9.17) is 9.15 Å². The van der Waals surface area contributed by atoms with Gasteiger partial charge in [-0.25, -0.2) is 9.78 Å². The second-order valence-electron chi connectivity index (χ2n) is 12.0. The van der Waals surface area contributed by atoms with E-state index >= 15 is 0 Å². The number of nitrogens with one attached hydrogen (secondary N) is 2. The van der Waals surface area contributed by atoms with Crippen LogP contribution in [0.25, 0.3) is 22.7 Å². The molecule has 2 aliphatic rings. The second-order valence-corrected chi connectivity index (χ2v) is 12.0. The number of nitrogens with zero attached hydrogens (tertiary/aromatic N) is 3. The van der Waals surface area contributed by atoms with Gasteiger partial charge >= 0.3 is 5.97 Å². The summed E-state index contributed by atoms with van der Waals surface area (Å²) in [5.74, 6) is -0.275. The van der Waals surface area contributed by atoms with Crippen molar-refractivity contribution in [2.45, 2.75) is 71.6 Å². The quantitative estimate of drug-likeness (QED) is 0.229. The van der Waals surface area contributed by atoms with Crippen LogP contribution in [0.15, 0.2) is 52.2 Å². The molecule has 2 saturated carbocycles. The van der Waals surface area contributed by atoms with Crippen molar-refractivity contribution in [1.82, 2.24) is 25.4 Å². The molecule has 2 fully saturated rings. The Morgan fingerprint density at radius 3 is 2.36 bits per heavy atom. The number of oxazole rings is 1. The molecule has 2 aliphatic carbocycles. The Morgan fingerprint density at radius 1 is 1.10 bits per heavy atom. The summed E-state index contributed by atoms with van der Waals surface area (Å²) in [5.41, 5.74) is 1.77. The molecule has 2 heterocycles. The lowest BCUT2D eigenvalue weighted by molar-refractivity contribution is -0.136. The number of carbonyl (C=O) groups excluding carboxylic acids is 3. The Balaban J connectivity index is 1.39. The monoisotopic (exact) mass is 575 g/mol. The Bertz CT molecular complexity index is 1520. The van der Waals surface area contributed by atoms with Crippen molar-refractivity contribution in [1.29, 1.82) is 0 Å². The van der Waals surface area contributed by atoms with Gasteiger partial charge in [-0.1, -0.05) is 12.1 Å². The summed E-state index contributed by atoms with van der Waals surface area (Å²) in [6.45, 7) is 6.86. The van der Waals surface area contributed by atoms with Gasteiger partial charge < -0.3 is 24.9 Å². The maximum atomic E-state index is 13.5. The van der Waals surface area contributed by atoms with Crippen LogP contribution in [0, 0.1) is 11.8 Å². The number of aromatic nitrogens is 3. The molecular weight excluding hydrogens is 538 g/mol. The van der Waals surface area contributed by atoms with Gasteiger partial charge in [-0.3, -0.25) is 14.3 Å². The average molecular weight is 576 g/mol. The van der Waals surface area contributed by atoms with Gasteiger partial charge in [-0.15, -0.1) is 0 Å². The molecule has 11 nitrogen and oxygen atoms in total. The van der Waals surface area contributed by atoms with E-state index in [0.29, 0.717) is 39.9 Å². The minimum atomic E-state index is -1.08. The molecule has 0 atom stereocenters. The van der Waals surface area contributed by atoms with Crippen LogP contribution in [0.3, 0.4) is 0 Å². The molecule has 2 amide bonds. The molecule has 0 saturated heterocycles. The molecule has 11 heteroatoms. The first-order valence-corrected chi connectivity index (χ1v) is 14.2. The fourth-order valence-corrected chi connectivity index (χ4v) is 4.97. The van der Waals surface area contributed by atoms with Crippen LogP contribution in [-0.2, 0) is 16.1 Å². The summed E-state index contributed by atoms with van der Waals surface area (Å²) in [6, 6.07) is 9.17. The number of ether oxygens (including phenoxy) is 1. The fraction of sp³-hybridized carbons (Fsp3) is 0.452. The number of benzene rings is 1. The number of esters is 1. The molecule has 0 aliphatic heterocycles. The van der Waals surface area contributed by atoms with Crippen LogP contribution >= 0.6 is 0 Å². The van der Waals surface area contributed by atoms with Crippen molar-refractivity contribution in [3.8, 4) is 22.7 Å². The van der Waals surface area contributed by atoms with E-state index in [1.165, 1.54) is 13.3 Å². The molecular formula is C31H37N5O6. The number of allylic oxidation sites excluding steroid dienone is 1. The highest BCUT2D eigenvalue weighted by molar-refractivity contribution is 6.00. The fourth-order valence-electron chi connectivity index (χ4n) is 4.97. The minimum absolute atomic E-state index is 0.0320. The van der Waals surface area contributed by atoms with Gasteiger partial charge in [-0.05, 0) is 89.0 Å². The first-order valence-electron chi connectivity index (χ1n) is 14.2. The number of carbonyl (C=O) groups is 3. The average Bonchev–Trinajstić information content (AvgIpc) is 3.87. The zero-order valence-electron chi connectivity index (χ0n) is 24.6. The van der Waals surface area contributed by atoms with E-state index in [-0.39, 0.29) is 35.8 Å². The molecule has 0 unspecified atom stereocenters. The predicted molar refractivity (Wildman–Crippen MR) is 154 cm³/mol. The van der Waals surface area contributed by atoms with E-state index in [9.17, 15) is 19.5 Å². The molecule has 1 aromatic carbocycles. The number of amides is 2. The van der Waals surface area contributed by atoms with Gasteiger partial charge in [0.2, 0.25) is 11.7 Å². The summed E-state index contributed by atoms with van der Waals surface area (Å²) in [6.07, 6.45) is 5.87. The van der Waals surface area contributed by atoms with E-state index < -0.39 is 17.5 Å². The van der Waals surface area contributed by atoms with Crippen molar-refractivity contribution < 1.29 is 28.6 Å². The molecule has 3 aromatic rings.